The second-order valence-electron chi connectivity index (χ2n) is 5.06. The van der Waals surface area contributed by atoms with Gasteiger partial charge in [0.1, 0.15) is 5.71 Å². The highest BCUT2D eigenvalue weighted by molar-refractivity contribution is 7.98. The molecule has 0 radical (unpaired) electrons. The molecule has 0 N–H and O–H groups in total. The number of nitrogens with zero attached hydrogens (tertiary/aromatic N) is 2. The fourth-order valence-corrected chi connectivity index (χ4v) is 3.19. The standard InChI is InChI=1S/C17H15ClN2OS/c1-3-20-15-9-6-12(18)10-14(15)16(17(20)21)19-22-13-7-4-11(2)5-8-13/h4-10H,3H2,1-2H3. The van der Waals surface area contributed by atoms with Crippen LogP contribution in [-0.4, -0.2) is 18.2 Å². The molecule has 1 aliphatic heterocycles. The van der Waals surface area contributed by atoms with Crippen molar-refractivity contribution in [1.82, 2.24) is 0 Å². The molecule has 0 spiro atoms. The Kier molecular flexibility index (Phi) is 4.23. The van der Waals surface area contributed by atoms with Gasteiger partial charge in [0.25, 0.3) is 5.91 Å². The monoisotopic (exact) mass is 330 g/mol. The Morgan fingerprint density at radius 2 is 1.91 bits per heavy atom. The zero-order valence-electron chi connectivity index (χ0n) is 12.3. The van der Waals surface area contributed by atoms with E-state index in [9.17, 15) is 4.79 Å². The largest absolute Gasteiger partial charge is 0.307 e. The lowest BCUT2D eigenvalue weighted by Gasteiger charge is -2.13. The van der Waals surface area contributed by atoms with Crippen molar-refractivity contribution < 1.29 is 4.79 Å². The average molecular weight is 331 g/mol. The van der Waals surface area contributed by atoms with Gasteiger partial charge >= 0.3 is 0 Å². The Morgan fingerprint density at radius 1 is 1.18 bits per heavy atom. The zero-order valence-corrected chi connectivity index (χ0v) is 13.9. The molecule has 2 aromatic carbocycles. The predicted molar refractivity (Wildman–Crippen MR) is 93.1 cm³/mol. The van der Waals surface area contributed by atoms with Gasteiger partial charge < -0.3 is 4.90 Å². The third-order valence-corrected chi connectivity index (χ3v) is 4.52. The van der Waals surface area contributed by atoms with Gasteiger partial charge in [-0.05, 0) is 44.2 Å². The van der Waals surface area contributed by atoms with Crippen molar-refractivity contribution in [1.29, 1.82) is 0 Å². The number of aryl methyl sites for hydroxylation is 1. The van der Waals surface area contributed by atoms with Crippen molar-refractivity contribution in [3.8, 4) is 0 Å². The van der Waals surface area contributed by atoms with Crippen LogP contribution in [0.15, 0.2) is 51.8 Å². The molecule has 22 heavy (non-hydrogen) atoms. The van der Waals surface area contributed by atoms with Gasteiger partial charge in [-0.1, -0.05) is 29.3 Å². The molecule has 3 nitrogen and oxygen atoms in total. The van der Waals surface area contributed by atoms with Gasteiger partial charge in [0.15, 0.2) is 0 Å². The minimum atomic E-state index is -0.0700. The molecule has 1 amide bonds. The second-order valence-corrected chi connectivity index (χ2v) is 6.33. The average Bonchev–Trinajstić information content (AvgIpc) is 2.77. The summed E-state index contributed by atoms with van der Waals surface area (Å²) in [6, 6.07) is 13.5. The topological polar surface area (TPSA) is 32.7 Å². The summed E-state index contributed by atoms with van der Waals surface area (Å²) in [5, 5.41) is 0.609. The molecular weight excluding hydrogens is 316 g/mol. The first-order valence-corrected chi connectivity index (χ1v) is 8.18. The van der Waals surface area contributed by atoms with Crippen LogP contribution in [0.1, 0.15) is 18.1 Å². The summed E-state index contributed by atoms with van der Waals surface area (Å²) >= 11 is 7.38. The maximum atomic E-state index is 12.5. The van der Waals surface area contributed by atoms with Gasteiger partial charge in [0, 0.05) is 34.0 Å². The van der Waals surface area contributed by atoms with E-state index in [1.807, 2.05) is 44.2 Å². The van der Waals surface area contributed by atoms with E-state index in [4.69, 9.17) is 11.6 Å². The summed E-state index contributed by atoms with van der Waals surface area (Å²) in [5.41, 5.74) is 3.34. The van der Waals surface area contributed by atoms with Crippen LogP contribution in [0.2, 0.25) is 5.02 Å². The number of anilines is 1. The number of amides is 1. The van der Waals surface area contributed by atoms with Crippen molar-refractivity contribution in [2.24, 2.45) is 4.40 Å². The molecular formula is C17H15ClN2OS. The molecule has 3 rings (SSSR count). The minimum absolute atomic E-state index is 0.0700. The Balaban J connectivity index is 1.96. The van der Waals surface area contributed by atoms with E-state index in [2.05, 4.69) is 4.40 Å². The van der Waals surface area contributed by atoms with Crippen LogP contribution < -0.4 is 4.90 Å². The minimum Gasteiger partial charge on any atom is -0.307 e. The number of carbonyl (C=O) groups is 1. The van der Waals surface area contributed by atoms with Gasteiger partial charge in [-0.15, -0.1) is 0 Å². The number of fused-ring (bicyclic) bond motifs is 1. The smallest absolute Gasteiger partial charge is 0.278 e. The normalized spacial score (nSPS) is 15.5. The molecule has 0 saturated carbocycles. The highest BCUT2D eigenvalue weighted by Crippen LogP contribution is 2.33. The molecule has 1 heterocycles. The molecule has 0 unspecified atom stereocenters. The van der Waals surface area contributed by atoms with Crippen LogP contribution >= 0.6 is 23.5 Å². The van der Waals surface area contributed by atoms with Crippen molar-refractivity contribution in [2.45, 2.75) is 18.7 Å². The van der Waals surface area contributed by atoms with Crippen molar-refractivity contribution >= 4 is 40.9 Å². The number of hydrogen-bond acceptors (Lipinski definition) is 3. The lowest BCUT2D eigenvalue weighted by molar-refractivity contribution is -0.112. The Labute approximate surface area is 139 Å². The number of rotatable bonds is 3. The van der Waals surface area contributed by atoms with Crippen molar-refractivity contribution in [3.63, 3.8) is 0 Å². The molecule has 0 aromatic heterocycles. The summed E-state index contributed by atoms with van der Waals surface area (Å²) in [6.07, 6.45) is 0. The number of carbonyl (C=O) groups excluding carboxylic acids is 1. The summed E-state index contributed by atoms with van der Waals surface area (Å²) in [4.78, 5) is 15.2. The summed E-state index contributed by atoms with van der Waals surface area (Å²) in [6.45, 7) is 4.60. The molecule has 0 bridgehead atoms. The van der Waals surface area contributed by atoms with Crippen LogP contribution in [0, 0.1) is 6.92 Å². The first kappa shape index (κ1) is 15.1. The van der Waals surface area contributed by atoms with Gasteiger partial charge in [0.05, 0.1) is 5.69 Å². The molecule has 0 fully saturated rings. The molecule has 2 aromatic rings. The van der Waals surface area contributed by atoms with E-state index >= 15 is 0 Å². The van der Waals surface area contributed by atoms with Crippen LogP contribution in [-0.2, 0) is 4.79 Å². The summed E-state index contributed by atoms with van der Waals surface area (Å²) in [7, 11) is 0. The third kappa shape index (κ3) is 2.76. The highest BCUT2D eigenvalue weighted by atomic mass is 35.5. The van der Waals surface area contributed by atoms with Gasteiger partial charge in [-0.3, -0.25) is 4.79 Å². The Morgan fingerprint density at radius 3 is 2.59 bits per heavy atom. The Bertz CT molecular complexity index is 756. The maximum absolute atomic E-state index is 12.5. The second kappa shape index (κ2) is 6.15. The first-order valence-electron chi connectivity index (χ1n) is 7.03. The van der Waals surface area contributed by atoms with Gasteiger partial charge in [-0.25, -0.2) is 4.40 Å². The molecule has 1 aliphatic rings. The fraction of sp³-hybridized carbons (Fsp3) is 0.176. The number of hydrogen-bond donors (Lipinski definition) is 0. The van der Waals surface area contributed by atoms with Crippen LogP contribution in [0.5, 0.6) is 0 Å². The van der Waals surface area contributed by atoms with E-state index < -0.39 is 0 Å². The molecule has 5 heteroatoms. The third-order valence-electron chi connectivity index (χ3n) is 3.53. The lowest BCUT2D eigenvalue weighted by atomic mass is 10.1. The molecule has 0 aliphatic carbocycles. The number of halogens is 1. The maximum Gasteiger partial charge on any atom is 0.278 e. The number of likely N-dealkylation sites (N-methyl/N-ethyl adjacent to an activating group) is 1. The fourth-order valence-electron chi connectivity index (χ4n) is 2.39. The van der Waals surface area contributed by atoms with E-state index in [0.717, 1.165) is 16.1 Å². The zero-order chi connectivity index (χ0) is 15.7. The summed E-state index contributed by atoms with van der Waals surface area (Å²) < 4.78 is 4.47. The van der Waals surface area contributed by atoms with E-state index in [-0.39, 0.29) is 5.91 Å². The van der Waals surface area contributed by atoms with Gasteiger partial charge in [-0.2, -0.15) is 0 Å². The van der Waals surface area contributed by atoms with Crippen molar-refractivity contribution in [3.05, 3.63) is 58.6 Å². The van der Waals surface area contributed by atoms with E-state index in [1.54, 1.807) is 17.0 Å². The van der Waals surface area contributed by atoms with E-state index in [0.29, 0.717) is 17.3 Å². The predicted octanol–water partition coefficient (Wildman–Crippen LogP) is 4.51. The SMILES string of the molecule is CCN1C(=O)C(=NSc2ccc(C)cc2)c2cc(Cl)ccc21. The quantitative estimate of drug-likeness (QED) is 0.775. The van der Waals surface area contributed by atoms with Crippen LogP contribution in [0.4, 0.5) is 5.69 Å². The van der Waals surface area contributed by atoms with E-state index in [1.165, 1.54) is 17.5 Å². The lowest BCUT2D eigenvalue weighted by Crippen LogP contribution is -2.29. The Hall–Kier alpha value is -1.78. The molecule has 0 saturated heterocycles. The first-order chi connectivity index (χ1) is 10.6. The van der Waals surface area contributed by atoms with Gasteiger partial charge in [0.2, 0.25) is 0 Å². The summed E-state index contributed by atoms with van der Waals surface area (Å²) in [5.74, 6) is -0.0700. The highest BCUT2D eigenvalue weighted by Gasteiger charge is 2.33. The van der Waals surface area contributed by atoms with Crippen molar-refractivity contribution in [2.75, 3.05) is 11.4 Å². The number of benzene rings is 2. The molecule has 112 valence electrons. The molecule has 0 atom stereocenters. The van der Waals surface area contributed by atoms with Crippen LogP contribution in [0.25, 0.3) is 0 Å². The van der Waals surface area contributed by atoms with Crippen LogP contribution in [0.3, 0.4) is 0 Å².